The van der Waals surface area contributed by atoms with Crippen LogP contribution in [0.15, 0.2) is 42.5 Å². The van der Waals surface area contributed by atoms with Gasteiger partial charge < -0.3 is 10.5 Å². The van der Waals surface area contributed by atoms with Crippen molar-refractivity contribution in [3.05, 3.63) is 59.4 Å². The van der Waals surface area contributed by atoms with Crippen molar-refractivity contribution in [3.8, 4) is 11.5 Å². The molecular weight excluding hydrogens is 241 g/mol. The van der Waals surface area contributed by atoms with Crippen molar-refractivity contribution in [1.82, 2.24) is 0 Å². The van der Waals surface area contributed by atoms with E-state index in [1.807, 2.05) is 37.3 Å². The number of hydrogen-bond donors (Lipinski definition) is 1. The molecule has 0 aliphatic rings. The molecule has 0 aliphatic carbocycles. The second-order valence-electron chi connectivity index (χ2n) is 4.33. The zero-order valence-electron chi connectivity index (χ0n) is 11.0. The molecule has 2 aromatic rings. The third-order valence-corrected chi connectivity index (χ3v) is 3.03. The average Bonchev–Trinajstić information content (AvgIpc) is 2.43. The van der Waals surface area contributed by atoms with Gasteiger partial charge in [-0.1, -0.05) is 37.3 Å². The Hall–Kier alpha value is -1.87. The third kappa shape index (κ3) is 3.12. The number of aryl methyl sites for hydroxylation is 1. The molecule has 0 aromatic heterocycles. The van der Waals surface area contributed by atoms with Crippen molar-refractivity contribution in [2.24, 2.45) is 5.73 Å². The SMILES string of the molecule is CCc1ccccc1Oc1c(F)cccc1CCN. The van der Waals surface area contributed by atoms with E-state index >= 15 is 0 Å². The maximum Gasteiger partial charge on any atom is 0.166 e. The molecule has 19 heavy (non-hydrogen) atoms. The minimum absolute atomic E-state index is 0.286. The van der Waals surface area contributed by atoms with E-state index in [0.717, 1.165) is 17.5 Å². The fourth-order valence-electron chi connectivity index (χ4n) is 2.03. The van der Waals surface area contributed by atoms with Gasteiger partial charge in [0.25, 0.3) is 0 Å². The van der Waals surface area contributed by atoms with Gasteiger partial charge in [-0.25, -0.2) is 4.39 Å². The van der Waals surface area contributed by atoms with E-state index in [4.69, 9.17) is 10.5 Å². The fraction of sp³-hybridized carbons (Fsp3) is 0.250. The lowest BCUT2D eigenvalue weighted by molar-refractivity contribution is 0.432. The summed E-state index contributed by atoms with van der Waals surface area (Å²) < 4.78 is 19.7. The van der Waals surface area contributed by atoms with E-state index in [0.29, 0.717) is 18.7 Å². The summed E-state index contributed by atoms with van der Waals surface area (Å²) in [5, 5.41) is 0. The molecule has 2 nitrogen and oxygen atoms in total. The molecule has 2 aromatic carbocycles. The summed E-state index contributed by atoms with van der Waals surface area (Å²) in [6.07, 6.45) is 1.44. The van der Waals surface area contributed by atoms with Gasteiger partial charge in [-0.2, -0.15) is 0 Å². The van der Waals surface area contributed by atoms with Gasteiger partial charge >= 0.3 is 0 Å². The molecule has 0 bridgehead atoms. The van der Waals surface area contributed by atoms with Crippen LogP contribution in [0.4, 0.5) is 4.39 Å². The first-order chi connectivity index (χ1) is 9.26. The van der Waals surface area contributed by atoms with Gasteiger partial charge in [-0.3, -0.25) is 0 Å². The standard InChI is InChI=1S/C16H18FNO/c1-2-12-6-3-4-9-15(12)19-16-13(10-11-18)7-5-8-14(16)17/h3-9H,2,10-11,18H2,1H3. The molecule has 0 spiro atoms. The quantitative estimate of drug-likeness (QED) is 0.889. The molecule has 0 heterocycles. The first kappa shape index (κ1) is 13.6. The lowest BCUT2D eigenvalue weighted by atomic mass is 10.1. The Labute approximate surface area is 113 Å². The van der Waals surface area contributed by atoms with Gasteiger partial charge in [0, 0.05) is 0 Å². The smallest absolute Gasteiger partial charge is 0.166 e. The summed E-state index contributed by atoms with van der Waals surface area (Å²) in [6, 6.07) is 12.6. The zero-order valence-corrected chi connectivity index (χ0v) is 11.0. The molecule has 100 valence electrons. The largest absolute Gasteiger partial charge is 0.454 e. The van der Waals surface area contributed by atoms with Crippen LogP contribution in [0.2, 0.25) is 0 Å². The van der Waals surface area contributed by atoms with Crippen LogP contribution >= 0.6 is 0 Å². The highest BCUT2D eigenvalue weighted by Gasteiger charge is 2.12. The number of rotatable bonds is 5. The molecular formula is C16H18FNO. The Balaban J connectivity index is 2.37. The highest BCUT2D eigenvalue weighted by Crippen LogP contribution is 2.31. The van der Waals surface area contributed by atoms with Gasteiger partial charge in [-0.15, -0.1) is 0 Å². The molecule has 3 heteroatoms. The van der Waals surface area contributed by atoms with E-state index in [1.54, 1.807) is 6.07 Å². The number of nitrogens with two attached hydrogens (primary N) is 1. The molecule has 0 amide bonds. The van der Waals surface area contributed by atoms with Crippen molar-refractivity contribution in [2.45, 2.75) is 19.8 Å². The van der Waals surface area contributed by atoms with Gasteiger partial charge in [-0.05, 0) is 42.6 Å². The average molecular weight is 259 g/mol. The minimum atomic E-state index is -0.350. The van der Waals surface area contributed by atoms with Crippen LogP contribution < -0.4 is 10.5 Å². The molecule has 0 atom stereocenters. The highest BCUT2D eigenvalue weighted by atomic mass is 19.1. The zero-order chi connectivity index (χ0) is 13.7. The van der Waals surface area contributed by atoms with Crippen molar-refractivity contribution in [1.29, 1.82) is 0 Å². The first-order valence-corrected chi connectivity index (χ1v) is 6.49. The number of benzene rings is 2. The van der Waals surface area contributed by atoms with E-state index in [1.165, 1.54) is 6.07 Å². The maximum absolute atomic E-state index is 13.9. The second kappa shape index (κ2) is 6.34. The van der Waals surface area contributed by atoms with Gasteiger partial charge in [0.1, 0.15) is 5.75 Å². The topological polar surface area (TPSA) is 35.2 Å². The van der Waals surface area contributed by atoms with Crippen LogP contribution in [-0.4, -0.2) is 6.54 Å². The molecule has 2 N–H and O–H groups in total. The normalized spacial score (nSPS) is 10.5. The van der Waals surface area contributed by atoms with Crippen molar-refractivity contribution in [3.63, 3.8) is 0 Å². The van der Waals surface area contributed by atoms with Crippen molar-refractivity contribution < 1.29 is 9.13 Å². The number of para-hydroxylation sites is 2. The van der Waals surface area contributed by atoms with E-state index in [-0.39, 0.29) is 11.6 Å². The van der Waals surface area contributed by atoms with Crippen LogP contribution in [0.25, 0.3) is 0 Å². The van der Waals surface area contributed by atoms with Gasteiger partial charge in [0.2, 0.25) is 0 Å². The second-order valence-corrected chi connectivity index (χ2v) is 4.33. The molecule has 2 rings (SSSR count). The van der Waals surface area contributed by atoms with E-state index < -0.39 is 0 Å². The molecule has 0 aliphatic heterocycles. The first-order valence-electron chi connectivity index (χ1n) is 6.49. The van der Waals surface area contributed by atoms with Crippen molar-refractivity contribution in [2.75, 3.05) is 6.54 Å². The Morgan fingerprint density at radius 1 is 1.05 bits per heavy atom. The van der Waals surface area contributed by atoms with E-state index in [2.05, 4.69) is 0 Å². The highest BCUT2D eigenvalue weighted by molar-refractivity contribution is 5.42. The van der Waals surface area contributed by atoms with Crippen LogP contribution in [0, 0.1) is 5.82 Å². The number of hydrogen-bond acceptors (Lipinski definition) is 2. The molecule has 0 saturated heterocycles. The van der Waals surface area contributed by atoms with Crippen molar-refractivity contribution >= 4 is 0 Å². The summed E-state index contributed by atoms with van der Waals surface area (Å²) in [5.41, 5.74) is 7.41. The lowest BCUT2D eigenvalue weighted by Crippen LogP contribution is -2.05. The monoisotopic (exact) mass is 259 g/mol. The summed E-state index contributed by atoms with van der Waals surface area (Å²) >= 11 is 0. The molecule has 0 unspecified atom stereocenters. The Morgan fingerprint density at radius 3 is 2.53 bits per heavy atom. The summed E-state index contributed by atoms with van der Waals surface area (Å²) in [6.45, 7) is 2.51. The summed E-state index contributed by atoms with van der Waals surface area (Å²) in [5.74, 6) is 0.638. The Kier molecular flexibility index (Phi) is 4.53. The van der Waals surface area contributed by atoms with Gasteiger partial charge in [0.15, 0.2) is 11.6 Å². The Morgan fingerprint density at radius 2 is 1.79 bits per heavy atom. The predicted octanol–water partition coefficient (Wildman–Crippen LogP) is 3.68. The molecule has 0 fully saturated rings. The molecule has 0 saturated carbocycles. The van der Waals surface area contributed by atoms with Crippen LogP contribution in [0.3, 0.4) is 0 Å². The van der Waals surface area contributed by atoms with Crippen LogP contribution in [0.5, 0.6) is 11.5 Å². The maximum atomic E-state index is 13.9. The summed E-state index contributed by atoms with van der Waals surface area (Å²) in [4.78, 5) is 0. The Bertz CT molecular complexity index is 554. The van der Waals surface area contributed by atoms with Gasteiger partial charge in [0.05, 0.1) is 0 Å². The van der Waals surface area contributed by atoms with E-state index in [9.17, 15) is 4.39 Å². The minimum Gasteiger partial charge on any atom is -0.454 e. The third-order valence-electron chi connectivity index (χ3n) is 3.03. The lowest BCUT2D eigenvalue weighted by Gasteiger charge is -2.14. The number of ether oxygens (including phenoxy) is 1. The van der Waals surface area contributed by atoms with Crippen LogP contribution in [0.1, 0.15) is 18.1 Å². The number of halogens is 1. The van der Waals surface area contributed by atoms with Crippen LogP contribution in [-0.2, 0) is 12.8 Å². The molecule has 0 radical (unpaired) electrons. The summed E-state index contributed by atoms with van der Waals surface area (Å²) in [7, 11) is 0. The predicted molar refractivity (Wildman–Crippen MR) is 75.1 cm³/mol. The fourth-order valence-corrected chi connectivity index (χ4v) is 2.03.